The molecule has 90 valence electrons. The molecule has 0 aliphatic rings. The second-order valence-electron chi connectivity index (χ2n) is 4.20. The maximum absolute atomic E-state index is 13.0. The minimum atomic E-state index is -0.288. The SMILES string of the molecule is CC(C)CSCC(N)c1cc(F)ccc1Cl. The molecule has 0 aliphatic carbocycles. The summed E-state index contributed by atoms with van der Waals surface area (Å²) in [4.78, 5) is 0. The first-order chi connectivity index (χ1) is 7.50. The summed E-state index contributed by atoms with van der Waals surface area (Å²) < 4.78 is 13.0. The van der Waals surface area contributed by atoms with E-state index in [2.05, 4.69) is 13.8 Å². The molecule has 0 aliphatic heterocycles. The third-order valence-electron chi connectivity index (χ3n) is 2.11. The fourth-order valence-corrected chi connectivity index (χ4v) is 2.62. The van der Waals surface area contributed by atoms with Gasteiger partial charge < -0.3 is 5.73 Å². The lowest BCUT2D eigenvalue weighted by Gasteiger charge is -2.14. The Morgan fingerprint density at radius 2 is 2.06 bits per heavy atom. The molecule has 0 radical (unpaired) electrons. The Labute approximate surface area is 106 Å². The van der Waals surface area contributed by atoms with E-state index in [0.29, 0.717) is 16.5 Å². The van der Waals surface area contributed by atoms with E-state index in [1.807, 2.05) is 0 Å². The van der Waals surface area contributed by atoms with E-state index < -0.39 is 0 Å². The van der Waals surface area contributed by atoms with Gasteiger partial charge in [-0.2, -0.15) is 11.8 Å². The van der Waals surface area contributed by atoms with Crippen LogP contribution in [0.4, 0.5) is 4.39 Å². The smallest absolute Gasteiger partial charge is 0.123 e. The first-order valence-electron chi connectivity index (χ1n) is 5.29. The Balaban J connectivity index is 2.58. The molecule has 0 saturated heterocycles. The van der Waals surface area contributed by atoms with Gasteiger partial charge in [0.05, 0.1) is 0 Å². The standard InChI is InChI=1S/C12H17ClFNS/c1-8(2)6-16-7-12(15)10-5-9(14)3-4-11(10)13/h3-5,8,12H,6-7,15H2,1-2H3. The van der Waals surface area contributed by atoms with Crippen molar-refractivity contribution in [1.29, 1.82) is 0 Å². The van der Waals surface area contributed by atoms with Gasteiger partial charge in [0.1, 0.15) is 5.82 Å². The lowest BCUT2D eigenvalue weighted by molar-refractivity contribution is 0.622. The Bertz CT molecular complexity index is 344. The zero-order valence-electron chi connectivity index (χ0n) is 9.54. The van der Waals surface area contributed by atoms with Crippen molar-refractivity contribution in [2.75, 3.05) is 11.5 Å². The Kier molecular flexibility index (Phi) is 5.59. The Morgan fingerprint density at radius 3 is 2.69 bits per heavy atom. The van der Waals surface area contributed by atoms with Crippen LogP contribution in [-0.2, 0) is 0 Å². The van der Waals surface area contributed by atoms with Crippen molar-refractivity contribution in [1.82, 2.24) is 0 Å². The van der Waals surface area contributed by atoms with Crippen LogP contribution in [0.15, 0.2) is 18.2 Å². The molecule has 0 aromatic heterocycles. The van der Waals surface area contributed by atoms with Crippen molar-refractivity contribution in [3.8, 4) is 0 Å². The first kappa shape index (κ1) is 13.8. The summed E-state index contributed by atoms with van der Waals surface area (Å²) in [6.07, 6.45) is 0. The van der Waals surface area contributed by atoms with E-state index in [1.165, 1.54) is 12.1 Å². The number of halogens is 2. The minimum Gasteiger partial charge on any atom is -0.323 e. The predicted octanol–water partition coefficient (Wildman–Crippen LogP) is 3.87. The van der Waals surface area contributed by atoms with Gasteiger partial charge in [-0.15, -0.1) is 0 Å². The normalized spacial score (nSPS) is 13.1. The molecule has 1 aromatic carbocycles. The van der Waals surface area contributed by atoms with Crippen LogP contribution in [0.3, 0.4) is 0 Å². The van der Waals surface area contributed by atoms with Crippen molar-refractivity contribution in [3.05, 3.63) is 34.6 Å². The van der Waals surface area contributed by atoms with Gasteiger partial charge in [-0.25, -0.2) is 4.39 Å². The topological polar surface area (TPSA) is 26.0 Å². The van der Waals surface area contributed by atoms with Crippen LogP contribution in [0.25, 0.3) is 0 Å². The molecule has 1 rings (SSSR count). The minimum absolute atomic E-state index is 0.202. The van der Waals surface area contributed by atoms with Crippen LogP contribution in [0.2, 0.25) is 5.02 Å². The molecule has 1 aromatic rings. The van der Waals surface area contributed by atoms with Crippen LogP contribution in [0.5, 0.6) is 0 Å². The highest BCUT2D eigenvalue weighted by atomic mass is 35.5. The van der Waals surface area contributed by atoms with Crippen LogP contribution >= 0.6 is 23.4 Å². The third-order valence-corrected chi connectivity index (χ3v) is 3.95. The van der Waals surface area contributed by atoms with Gasteiger partial charge in [-0.1, -0.05) is 25.4 Å². The highest BCUT2D eigenvalue weighted by Crippen LogP contribution is 2.25. The monoisotopic (exact) mass is 261 g/mol. The van der Waals surface area contributed by atoms with Crippen LogP contribution in [-0.4, -0.2) is 11.5 Å². The van der Waals surface area contributed by atoms with Crippen molar-refractivity contribution < 1.29 is 4.39 Å². The molecule has 0 fully saturated rings. The zero-order valence-corrected chi connectivity index (χ0v) is 11.1. The predicted molar refractivity (Wildman–Crippen MR) is 70.5 cm³/mol. The highest BCUT2D eigenvalue weighted by Gasteiger charge is 2.11. The molecule has 1 atom stereocenters. The molecule has 1 nitrogen and oxygen atoms in total. The molecule has 4 heteroatoms. The fraction of sp³-hybridized carbons (Fsp3) is 0.500. The summed E-state index contributed by atoms with van der Waals surface area (Å²) in [6.45, 7) is 4.32. The van der Waals surface area contributed by atoms with E-state index in [4.69, 9.17) is 17.3 Å². The molecule has 0 saturated carbocycles. The molecule has 0 heterocycles. The average molecular weight is 262 g/mol. The number of hydrogen-bond acceptors (Lipinski definition) is 2. The molecule has 2 N–H and O–H groups in total. The molecule has 0 bridgehead atoms. The number of rotatable bonds is 5. The molecule has 0 amide bonds. The van der Waals surface area contributed by atoms with Gasteiger partial charge in [-0.05, 0) is 35.4 Å². The largest absolute Gasteiger partial charge is 0.323 e. The lowest BCUT2D eigenvalue weighted by atomic mass is 10.1. The summed E-state index contributed by atoms with van der Waals surface area (Å²) in [6, 6.07) is 4.12. The van der Waals surface area contributed by atoms with Crippen molar-refractivity contribution in [2.45, 2.75) is 19.9 Å². The summed E-state index contributed by atoms with van der Waals surface area (Å²) in [5.41, 5.74) is 6.67. The third kappa shape index (κ3) is 4.32. The number of hydrogen-bond donors (Lipinski definition) is 1. The number of thioether (sulfide) groups is 1. The molecule has 1 unspecified atom stereocenters. The second kappa shape index (κ2) is 6.48. The summed E-state index contributed by atoms with van der Waals surface area (Å²) in [5, 5.41) is 0.541. The van der Waals surface area contributed by atoms with Gasteiger partial charge in [0.2, 0.25) is 0 Å². The Hall–Kier alpha value is -0.250. The van der Waals surface area contributed by atoms with E-state index in [9.17, 15) is 4.39 Å². The molecule has 0 spiro atoms. The van der Waals surface area contributed by atoms with Crippen molar-refractivity contribution >= 4 is 23.4 Å². The highest BCUT2D eigenvalue weighted by molar-refractivity contribution is 7.99. The van der Waals surface area contributed by atoms with E-state index in [0.717, 1.165) is 11.5 Å². The first-order valence-corrected chi connectivity index (χ1v) is 6.82. The fourth-order valence-electron chi connectivity index (χ4n) is 1.32. The number of nitrogens with two attached hydrogens (primary N) is 1. The molecular formula is C12H17ClFNS. The van der Waals surface area contributed by atoms with Crippen LogP contribution in [0, 0.1) is 11.7 Å². The van der Waals surface area contributed by atoms with E-state index in [-0.39, 0.29) is 11.9 Å². The van der Waals surface area contributed by atoms with Gasteiger partial charge >= 0.3 is 0 Å². The maximum Gasteiger partial charge on any atom is 0.123 e. The van der Waals surface area contributed by atoms with Crippen LogP contribution < -0.4 is 5.73 Å². The van der Waals surface area contributed by atoms with Gasteiger partial charge in [-0.3, -0.25) is 0 Å². The van der Waals surface area contributed by atoms with Gasteiger partial charge in [0.15, 0.2) is 0 Å². The summed E-state index contributed by atoms with van der Waals surface area (Å²) in [5.74, 6) is 2.17. The van der Waals surface area contributed by atoms with Crippen LogP contribution in [0.1, 0.15) is 25.5 Å². The quantitative estimate of drug-likeness (QED) is 0.871. The molecular weight excluding hydrogens is 245 g/mol. The van der Waals surface area contributed by atoms with E-state index >= 15 is 0 Å². The maximum atomic E-state index is 13.0. The number of benzene rings is 1. The Morgan fingerprint density at radius 1 is 1.38 bits per heavy atom. The lowest BCUT2D eigenvalue weighted by Crippen LogP contribution is -2.14. The molecule has 16 heavy (non-hydrogen) atoms. The summed E-state index contributed by atoms with van der Waals surface area (Å²) >= 11 is 7.75. The summed E-state index contributed by atoms with van der Waals surface area (Å²) in [7, 11) is 0. The van der Waals surface area contributed by atoms with Gasteiger partial charge in [0, 0.05) is 16.8 Å². The second-order valence-corrected chi connectivity index (χ2v) is 5.69. The van der Waals surface area contributed by atoms with Gasteiger partial charge in [0.25, 0.3) is 0 Å². The average Bonchev–Trinajstić information content (AvgIpc) is 2.21. The van der Waals surface area contributed by atoms with E-state index in [1.54, 1.807) is 17.8 Å². The van der Waals surface area contributed by atoms with Crippen molar-refractivity contribution in [2.24, 2.45) is 11.7 Å². The zero-order chi connectivity index (χ0) is 12.1. The van der Waals surface area contributed by atoms with Crippen molar-refractivity contribution in [3.63, 3.8) is 0 Å².